The van der Waals surface area contributed by atoms with Crippen LogP contribution in [0.2, 0.25) is 0 Å². The lowest BCUT2D eigenvalue weighted by molar-refractivity contribution is 0.406. The van der Waals surface area contributed by atoms with Gasteiger partial charge in [-0.05, 0) is 11.8 Å². The molecule has 0 amide bonds. The highest BCUT2D eigenvalue weighted by Gasteiger charge is 2.13. The van der Waals surface area contributed by atoms with Crippen molar-refractivity contribution in [2.24, 2.45) is 5.41 Å². The minimum atomic E-state index is 0.265. The van der Waals surface area contributed by atoms with E-state index in [-0.39, 0.29) is 5.41 Å². The Morgan fingerprint density at radius 1 is 1.55 bits per heavy atom. The first-order chi connectivity index (χ1) is 4.99. The quantitative estimate of drug-likeness (QED) is 0.643. The van der Waals surface area contributed by atoms with E-state index in [0.717, 1.165) is 17.8 Å². The van der Waals surface area contributed by atoms with Crippen LogP contribution in [0.15, 0.2) is 6.20 Å². The maximum atomic E-state index is 5.65. The second-order valence-electron chi connectivity index (χ2n) is 4.04. The molecule has 0 aliphatic rings. The third-order valence-electron chi connectivity index (χ3n) is 1.46. The molecule has 0 bridgehead atoms. The fourth-order valence-corrected chi connectivity index (χ4v) is 0.994. The van der Waals surface area contributed by atoms with E-state index in [2.05, 4.69) is 31.0 Å². The molecular weight excluding hydrogens is 138 g/mol. The van der Waals surface area contributed by atoms with Crippen molar-refractivity contribution in [2.75, 3.05) is 5.73 Å². The van der Waals surface area contributed by atoms with Crippen LogP contribution in [0.4, 0.5) is 5.69 Å². The second kappa shape index (κ2) is 2.57. The van der Waals surface area contributed by atoms with E-state index in [4.69, 9.17) is 5.73 Å². The molecule has 1 aromatic rings. The smallest absolute Gasteiger partial charge is 0.0730 e. The molecule has 0 radical (unpaired) electrons. The van der Waals surface area contributed by atoms with Gasteiger partial charge in [-0.1, -0.05) is 20.8 Å². The van der Waals surface area contributed by atoms with Gasteiger partial charge in [0.2, 0.25) is 0 Å². The van der Waals surface area contributed by atoms with Crippen molar-refractivity contribution in [1.82, 2.24) is 10.2 Å². The van der Waals surface area contributed by atoms with Crippen molar-refractivity contribution >= 4 is 5.69 Å². The Morgan fingerprint density at radius 2 is 2.18 bits per heavy atom. The summed E-state index contributed by atoms with van der Waals surface area (Å²) in [5, 5.41) is 6.74. The molecule has 0 aliphatic carbocycles. The van der Waals surface area contributed by atoms with E-state index in [1.54, 1.807) is 6.20 Å². The zero-order valence-electron chi connectivity index (χ0n) is 7.31. The highest BCUT2D eigenvalue weighted by atomic mass is 15.1. The average molecular weight is 153 g/mol. The van der Waals surface area contributed by atoms with Gasteiger partial charge in [-0.2, -0.15) is 5.10 Å². The summed E-state index contributed by atoms with van der Waals surface area (Å²) in [5.74, 6) is 0. The van der Waals surface area contributed by atoms with Gasteiger partial charge in [-0.25, -0.2) is 0 Å². The largest absolute Gasteiger partial charge is 0.396 e. The van der Waals surface area contributed by atoms with Crippen LogP contribution in [0.3, 0.4) is 0 Å². The van der Waals surface area contributed by atoms with Crippen molar-refractivity contribution in [2.45, 2.75) is 27.2 Å². The van der Waals surface area contributed by atoms with E-state index < -0.39 is 0 Å². The summed E-state index contributed by atoms with van der Waals surface area (Å²) in [7, 11) is 0. The van der Waals surface area contributed by atoms with E-state index in [1.807, 2.05) is 0 Å². The first-order valence-corrected chi connectivity index (χ1v) is 3.77. The Bertz CT molecular complexity index is 232. The van der Waals surface area contributed by atoms with Crippen LogP contribution in [0, 0.1) is 5.41 Å². The number of aromatic amines is 1. The van der Waals surface area contributed by atoms with Crippen LogP contribution in [0.5, 0.6) is 0 Å². The highest BCUT2D eigenvalue weighted by molar-refractivity contribution is 5.40. The summed E-state index contributed by atoms with van der Waals surface area (Å²) in [6, 6.07) is 0. The number of nitrogen functional groups attached to an aromatic ring is 1. The Morgan fingerprint density at radius 3 is 2.55 bits per heavy atom. The molecule has 0 fully saturated rings. The van der Waals surface area contributed by atoms with E-state index in [0.29, 0.717) is 0 Å². The monoisotopic (exact) mass is 153 g/mol. The third kappa shape index (κ3) is 2.26. The molecule has 0 unspecified atom stereocenters. The first kappa shape index (κ1) is 8.11. The predicted octanol–water partition coefficient (Wildman–Crippen LogP) is 1.58. The van der Waals surface area contributed by atoms with Crippen LogP contribution in [-0.2, 0) is 6.42 Å². The molecular formula is C8H15N3. The van der Waals surface area contributed by atoms with Crippen molar-refractivity contribution in [3.05, 3.63) is 11.9 Å². The number of H-pyrrole nitrogens is 1. The SMILES string of the molecule is CC(C)(C)Cc1[nH]ncc1N. The summed E-state index contributed by atoms with van der Waals surface area (Å²) >= 11 is 0. The average Bonchev–Trinajstić information content (AvgIpc) is 2.12. The Hall–Kier alpha value is -0.990. The normalized spacial score (nSPS) is 11.9. The standard InChI is InChI=1S/C8H15N3/c1-8(2,3)4-7-6(9)5-10-11-7/h5H,4,9H2,1-3H3,(H,10,11). The molecule has 0 saturated heterocycles. The van der Waals surface area contributed by atoms with Gasteiger partial charge >= 0.3 is 0 Å². The zero-order valence-corrected chi connectivity index (χ0v) is 7.31. The molecule has 11 heavy (non-hydrogen) atoms. The number of rotatable bonds is 1. The number of nitrogens with one attached hydrogen (secondary N) is 1. The van der Waals surface area contributed by atoms with Crippen LogP contribution in [0.1, 0.15) is 26.5 Å². The summed E-state index contributed by atoms with van der Waals surface area (Å²) < 4.78 is 0. The second-order valence-corrected chi connectivity index (χ2v) is 4.04. The first-order valence-electron chi connectivity index (χ1n) is 3.77. The summed E-state index contributed by atoms with van der Waals surface area (Å²) in [5.41, 5.74) is 7.72. The minimum Gasteiger partial charge on any atom is -0.396 e. The van der Waals surface area contributed by atoms with Gasteiger partial charge in [0.05, 0.1) is 17.6 Å². The van der Waals surface area contributed by atoms with Gasteiger partial charge in [-0.15, -0.1) is 0 Å². The van der Waals surface area contributed by atoms with Gasteiger partial charge < -0.3 is 5.73 Å². The van der Waals surface area contributed by atoms with Crippen molar-refractivity contribution in [3.63, 3.8) is 0 Å². The van der Waals surface area contributed by atoms with Gasteiger partial charge in [0, 0.05) is 0 Å². The Kier molecular flexibility index (Phi) is 1.89. The molecule has 3 N–H and O–H groups in total. The molecule has 0 saturated carbocycles. The van der Waals surface area contributed by atoms with Crippen molar-refractivity contribution in [3.8, 4) is 0 Å². The molecule has 1 aromatic heterocycles. The number of hydrogen-bond acceptors (Lipinski definition) is 2. The Balaban J connectivity index is 2.72. The lowest BCUT2D eigenvalue weighted by Gasteiger charge is -2.16. The number of anilines is 1. The number of nitrogens with two attached hydrogens (primary N) is 1. The minimum absolute atomic E-state index is 0.265. The topological polar surface area (TPSA) is 54.7 Å². The van der Waals surface area contributed by atoms with Gasteiger partial charge in [0.25, 0.3) is 0 Å². The summed E-state index contributed by atoms with van der Waals surface area (Å²) in [6.07, 6.45) is 2.60. The molecule has 1 heterocycles. The van der Waals surface area contributed by atoms with Crippen molar-refractivity contribution in [1.29, 1.82) is 0 Å². The molecule has 3 heteroatoms. The van der Waals surface area contributed by atoms with E-state index >= 15 is 0 Å². The van der Waals surface area contributed by atoms with Gasteiger partial charge in [0.1, 0.15) is 0 Å². The summed E-state index contributed by atoms with van der Waals surface area (Å²) in [4.78, 5) is 0. The maximum absolute atomic E-state index is 5.65. The molecule has 3 nitrogen and oxygen atoms in total. The number of aromatic nitrogens is 2. The summed E-state index contributed by atoms with van der Waals surface area (Å²) in [6.45, 7) is 6.52. The maximum Gasteiger partial charge on any atom is 0.0730 e. The zero-order chi connectivity index (χ0) is 8.48. The van der Waals surface area contributed by atoms with Crippen LogP contribution < -0.4 is 5.73 Å². The van der Waals surface area contributed by atoms with Crippen LogP contribution in [0.25, 0.3) is 0 Å². The fraction of sp³-hybridized carbons (Fsp3) is 0.625. The number of nitrogens with zero attached hydrogens (tertiary/aromatic N) is 1. The van der Waals surface area contributed by atoms with Crippen LogP contribution in [-0.4, -0.2) is 10.2 Å². The van der Waals surface area contributed by atoms with Gasteiger partial charge in [0.15, 0.2) is 0 Å². The fourth-order valence-electron chi connectivity index (χ4n) is 0.994. The van der Waals surface area contributed by atoms with E-state index in [1.165, 1.54) is 0 Å². The molecule has 0 atom stereocenters. The molecule has 0 spiro atoms. The highest BCUT2D eigenvalue weighted by Crippen LogP contribution is 2.21. The number of hydrogen-bond donors (Lipinski definition) is 2. The van der Waals surface area contributed by atoms with E-state index in [9.17, 15) is 0 Å². The molecule has 0 aliphatic heterocycles. The molecule has 0 aromatic carbocycles. The lowest BCUT2D eigenvalue weighted by Crippen LogP contribution is -2.10. The third-order valence-corrected chi connectivity index (χ3v) is 1.46. The van der Waals surface area contributed by atoms with Gasteiger partial charge in [-0.3, -0.25) is 5.10 Å². The van der Waals surface area contributed by atoms with Crippen LogP contribution >= 0.6 is 0 Å². The molecule has 1 rings (SSSR count). The lowest BCUT2D eigenvalue weighted by atomic mass is 9.90. The molecule has 62 valence electrons. The predicted molar refractivity (Wildman–Crippen MR) is 46.2 cm³/mol. The Labute approximate surface area is 67.0 Å². The van der Waals surface area contributed by atoms with Crippen molar-refractivity contribution < 1.29 is 0 Å².